The molecular weight excluding hydrogens is 412 g/mol. The molecule has 0 unspecified atom stereocenters. The van der Waals surface area contributed by atoms with Gasteiger partial charge in [-0.25, -0.2) is 0 Å². The maximum atomic E-state index is 12.6. The third-order valence-corrected chi connectivity index (χ3v) is 5.13. The number of benzene rings is 4. The number of nitrogens with one attached hydrogen (secondary N) is 2. The number of ether oxygens (including phenoxy) is 1. The van der Waals surface area contributed by atoms with Crippen molar-refractivity contribution in [1.82, 2.24) is 0 Å². The number of hydrogen-bond donors (Lipinski definition) is 2. The SMILES string of the molecule is Cc1cc(NC(=O)c2ccc(OCc3ccccc3)cc2)ccc1NC(=O)c1ccccc1. The Bertz CT molecular complexity index is 1240. The van der Waals surface area contributed by atoms with Crippen molar-refractivity contribution in [2.24, 2.45) is 0 Å². The van der Waals surface area contributed by atoms with Crippen molar-refractivity contribution in [3.05, 3.63) is 125 Å². The van der Waals surface area contributed by atoms with E-state index in [0.29, 0.717) is 34.9 Å². The van der Waals surface area contributed by atoms with Crippen LogP contribution in [0.3, 0.4) is 0 Å². The normalized spacial score (nSPS) is 10.3. The first-order chi connectivity index (χ1) is 16.1. The smallest absolute Gasteiger partial charge is 0.255 e. The van der Waals surface area contributed by atoms with E-state index in [-0.39, 0.29) is 11.8 Å². The molecule has 4 aromatic rings. The topological polar surface area (TPSA) is 67.4 Å². The molecule has 0 radical (unpaired) electrons. The van der Waals surface area contributed by atoms with Gasteiger partial charge in [-0.15, -0.1) is 0 Å². The van der Waals surface area contributed by atoms with E-state index >= 15 is 0 Å². The molecule has 5 heteroatoms. The zero-order chi connectivity index (χ0) is 23.0. The first-order valence-electron chi connectivity index (χ1n) is 10.6. The Hall–Kier alpha value is -4.38. The minimum absolute atomic E-state index is 0.176. The first kappa shape index (κ1) is 21.8. The van der Waals surface area contributed by atoms with Crippen LogP contribution in [0.15, 0.2) is 103 Å². The second kappa shape index (κ2) is 10.3. The maximum absolute atomic E-state index is 12.6. The van der Waals surface area contributed by atoms with Gasteiger partial charge in [0.2, 0.25) is 0 Å². The molecule has 0 saturated heterocycles. The average molecular weight is 437 g/mol. The summed E-state index contributed by atoms with van der Waals surface area (Å²) < 4.78 is 5.77. The molecular formula is C28H24N2O3. The Morgan fingerprint density at radius 2 is 1.30 bits per heavy atom. The highest BCUT2D eigenvalue weighted by molar-refractivity contribution is 6.06. The van der Waals surface area contributed by atoms with Crippen LogP contribution in [0.2, 0.25) is 0 Å². The predicted molar refractivity (Wildman–Crippen MR) is 131 cm³/mol. The van der Waals surface area contributed by atoms with Gasteiger partial charge in [-0.3, -0.25) is 9.59 Å². The van der Waals surface area contributed by atoms with E-state index in [4.69, 9.17) is 4.74 Å². The first-order valence-corrected chi connectivity index (χ1v) is 10.6. The second-order valence-corrected chi connectivity index (χ2v) is 7.60. The van der Waals surface area contributed by atoms with E-state index in [1.807, 2.05) is 61.5 Å². The van der Waals surface area contributed by atoms with Gasteiger partial charge >= 0.3 is 0 Å². The molecule has 0 bridgehead atoms. The molecule has 0 atom stereocenters. The molecule has 0 spiro atoms. The van der Waals surface area contributed by atoms with Crippen molar-refractivity contribution in [2.75, 3.05) is 10.6 Å². The quantitative estimate of drug-likeness (QED) is 0.369. The zero-order valence-corrected chi connectivity index (χ0v) is 18.2. The van der Waals surface area contributed by atoms with Gasteiger partial charge in [0.15, 0.2) is 0 Å². The number of anilines is 2. The largest absolute Gasteiger partial charge is 0.489 e. The van der Waals surface area contributed by atoms with E-state index in [1.165, 1.54) is 0 Å². The van der Waals surface area contributed by atoms with Crippen LogP contribution in [0.1, 0.15) is 31.8 Å². The standard InChI is InChI=1S/C28H24N2O3/c1-20-18-24(14-17-26(20)30-28(32)22-10-6-3-7-11-22)29-27(31)23-12-15-25(16-13-23)33-19-21-8-4-2-5-9-21/h2-18H,19H2,1H3,(H,29,31)(H,30,32). The number of aryl methyl sites for hydroxylation is 1. The summed E-state index contributed by atoms with van der Waals surface area (Å²) >= 11 is 0. The van der Waals surface area contributed by atoms with Crippen molar-refractivity contribution in [2.45, 2.75) is 13.5 Å². The fraction of sp³-hybridized carbons (Fsp3) is 0.0714. The Labute approximate surface area is 193 Å². The monoisotopic (exact) mass is 436 g/mol. The van der Waals surface area contributed by atoms with Crippen LogP contribution in [-0.2, 0) is 6.61 Å². The highest BCUT2D eigenvalue weighted by Gasteiger charge is 2.10. The highest BCUT2D eigenvalue weighted by Crippen LogP contribution is 2.22. The summed E-state index contributed by atoms with van der Waals surface area (Å²) in [4.78, 5) is 25.0. The fourth-order valence-corrected chi connectivity index (χ4v) is 3.31. The Morgan fingerprint density at radius 3 is 1.97 bits per heavy atom. The molecule has 4 rings (SSSR count). The van der Waals surface area contributed by atoms with Gasteiger partial charge in [-0.1, -0.05) is 48.5 Å². The van der Waals surface area contributed by atoms with E-state index in [9.17, 15) is 9.59 Å². The summed E-state index contributed by atoms with van der Waals surface area (Å²) in [6.45, 7) is 2.36. The molecule has 164 valence electrons. The summed E-state index contributed by atoms with van der Waals surface area (Å²) in [5.41, 5.74) is 4.40. The third-order valence-electron chi connectivity index (χ3n) is 5.13. The lowest BCUT2D eigenvalue weighted by Crippen LogP contribution is -2.14. The third kappa shape index (κ3) is 5.86. The van der Waals surface area contributed by atoms with Crippen LogP contribution in [0.4, 0.5) is 11.4 Å². The molecule has 2 amide bonds. The van der Waals surface area contributed by atoms with Crippen LogP contribution in [-0.4, -0.2) is 11.8 Å². The predicted octanol–water partition coefficient (Wildman–Crippen LogP) is 6.08. The molecule has 0 aliphatic carbocycles. The van der Waals surface area contributed by atoms with Gasteiger partial charge in [0.1, 0.15) is 12.4 Å². The van der Waals surface area contributed by atoms with E-state index in [0.717, 1.165) is 11.1 Å². The maximum Gasteiger partial charge on any atom is 0.255 e. The van der Waals surface area contributed by atoms with Crippen molar-refractivity contribution < 1.29 is 14.3 Å². The number of carbonyl (C=O) groups is 2. The molecule has 0 fully saturated rings. The minimum Gasteiger partial charge on any atom is -0.489 e. The van der Waals surface area contributed by atoms with Crippen LogP contribution in [0.5, 0.6) is 5.75 Å². The number of amides is 2. The van der Waals surface area contributed by atoms with Crippen LogP contribution in [0, 0.1) is 6.92 Å². The van der Waals surface area contributed by atoms with E-state index < -0.39 is 0 Å². The van der Waals surface area contributed by atoms with Crippen LogP contribution < -0.4 is 15.4 Å². The summed E-state index contributed by atoms with van der Waals surface area (Å²) in [5, 5.41) is 5.80. The van der Waals surface area contributed by atoms with Gasteiger partial charge < -0.3 is 15.4 Å². The second-order valence-electron chi connectivity index (χ2n) is 7.60. The number of carbonyl (C=O) groups excluding carboxylic acids is 2. The lowest BCUT2D eigenvalue weighted by Gasteiger charge is -2.12. The molecule has 0 aromatic heterocycles. The van der Waals surface area contributed by atoms with Crippen LogP contribution in [0.25, 0.3) is 0 Å². The molecule has 4 aromatic carbocycles. The number of rotatable bonds is 7. The van der Waals surface area contributed by atoms with Crippen LogP contribution >= 0.6 is 0 Å². The summed E-state index contributed by atoms with van der Waals surface area (Å²) in [6, 6.07) is 31.4. The van der Waals surface area contributed by atoms with Crippen molar-refractivity contribution in [3.8, 4) is 5.75 Å². The van der Waals surface area contributed by atoms with Gasteiger partial charge in [-0.2, -0.15) is 0 Å². The molecule has 2 N–H and O–H groups in total. The Kier molecular flexibility index (Phi) is 6.81. The molecule has 0 heterocycles. The van der Waals surface area contributed by atoms with Gasteiger partial charge in [0, 0.05) is 22.5 Å². The lowest BCUT2D eigenvalue weighted by molar-refractivity contribution is 0.101. The lowest BCUT2D eigenvalue weighted by atomic mass is 10.1. The van der Waals surface area contributed by atoms with Crippen molar-refractivity contribution in [1.29, 1.82) is 0 Å². The average Bonchev–Trinajstić information content (AvgIpc) is 2.86. The van der Waals surface area contributed by atoms with Gasteiger partial charge in [-0.05, 0) is 72.6 Å². The van der Waals surface area contributed by atoms with Crippen molar-refractivity contribution >= 4 is 23.2 Å². The fourth-order valence-electron chi connectivity index (χ4n) is 3.31. The number of hydrogen-bond acceptors (Lipinski definition) is 3. The van der Waals surface area contributed by atoms with Gasteiger partial charge in [0.25, 0.3) is 11.8 Å². The summed E-state index contributed by atoms with van der Waals surface area (Å²) in [7, 11) is 0. The molecule has 5 nitrogen and oxygen atoms in total. The Balaban J connectivity index is 1.35. The summed E-state index contributed by atoms with van der Waals surface area (Å²) in [6.07, 6.45) is 0. The molecule has 0 aliphatic heterocycles. The van der Waals surface area contributed by atoms with E-state index in [2.05, 4.69) is 10.6 Å². The Morgan fingerprint density at radius 1 is 0.697 bits per heavy atom. The minimum atomic E-state index is -0.218. The van der Waals surface area contributed by atoms with Crippen molar-refractivity contribution in [3.63, 3.8) is 0 Å². The highest BCUT2D eigenvalue weighted by atomic mass is 16.5. The molecule has 0 saturated carbocycles. The molecule has 33 heavy (non-hydrogen) atoms. The van der Waals surface area contributed by atoms with Gasteiger partial charge in [0.05, 0.1) is 0 Å². The molecule has 0 aliphatic rings. The van der Waals surface area contributed by atoms with E-state index in [1.54, 1.807) is 48.5 Å². The zero-order valence-electron chi connectivity index (χ0n) is 18.2. The summed E-state index contributed by atoms with van der Waals surface area (Å²) in [5.74, 6) is 0.305.